The molecule has 0 aromatic heterocycles. The molecule has 0 saturated heterocycles. The maximum absolute atomic E-state index is 5.99. The van der Waals surface area contributed by atoms with E-state index < -0.39 is 0 Å². The van der Waals surface area contributed by atoms with Crippen LogP contribution in [0.3, 0.4) is 0 Å². The fraction of sp³-hybridized carbons (Fsp3) is 0.429. The summed E-state index contributed by atoms with van der Waals surface area (Å²) in [7, 11) is 0. The third-order valence-corrected chi connectivity index (χ3v) is 3.81. The molecule has 1 unspecified atom stereocenters. The molecule has 1 heterocycles. The van der Waals surface area contributed by atoms with Crippen LogP contribution in [0.15, 0.2) is 34.5 Å². The van der Waals surface area contributed by atoms with Gasteiger partial charge in [-0.2, -0.15) is 0 Å². The Hall–Kier alpha value is -0.510. The first-order chi connectivity index (χ1) is 8.72. The molecule has 18 heavy (non-hydrogen) atoms. The van der Waals surface area contributed by atoms with Crippen molar-refractivity contribution >= 4 is 27.5 Å². The van der Waals surface area contributed by atoms with Crippen LogP contribution in [0.4, 0.5) is 0 Å². The molecule has 0 amide bonds. The van der Waals surface area contributed by atoms with Gasteiger partial charge in [0.2, 0.25) is 0 Å². The normalized spacial score (nSPS) is 16.3. The van der Waals surface area contributed by atoms with Gasteiger partial charge in [-0.15, -0.1) is 0 Å². The highest BCUT2D eigenvalue weighted by Crippen LogP contribution is 2.33. The third-order valence-electron chi connectivity index (χ3n) is 2.89. The summed E-state index contributed by atoms with van der Waals surface area (Å²) in [4.78, 5) is 0. The number of nitrogens with one attached hydrogen (secondary N) is 1. The molecule has 1 atom stereocenters. The lowest BCUT2D eigenvalue weighted by Crippen LogP contribution is -2.24. The van der Waals surface area contributed by atoms with E-state index in [1.165, 1.54) is 5.56 Å². The van der Waals surface area contributed by atoms with E-state index in [1.807, 2.05) is 18.2 Å². The molecule has 1 N–H and O–H groups in total. The molecular formula is C14H17BrClNO. The lowest BCUT2D eigenvalue weighted by atomic mass is 10.0. The molecular weight excluding hydrogens is 314 g/mol. The Labute approximate surface area is 121 Å². The summed E-state index contributed by atoms with van der Waals surface area (Å²) in [5, 5.41) is 4.26. The maximum atomic E-state index is 5.99. The van der Waals surface area contributed by atoms with Gasteiger partial charge in [-0.3, -0.25) is 0 Å². The van der Waals surface area contributed by atoms with Crippen LogP contribution < -0.4 is 5.32 Å². The number of hydrogen-bond acceptors (Lipinski definition) is 2. The Morgan fingerprint density at radius 1 is 1.50 bits per heavy atom. The van der Waals surface area contributed by atoms with Crippen LogP contribution in [0.2, 0.25) is 5.02 Å². The molecule has 98 valence electrons. The Balaban J connectivity index is 2.26. The van der Waals surface area contributed by atoms with E-state index >= 15 is 0 Å². The van der Waals surface area contributed by atoms with Gasteiger partial charge in [0.15, 0.2) is 0 Å². The molecule has 0 bridgehead atoms. The minimum atomic E-state index is 0.110. The molecule has 1 aromatic rings. The molecule has 0 saturated carbocycles. The highest BCUT2D eigenvalue weighted by molar-refractivity contribution is 9.10. The Morgan fingerprint density at radius 2 is 2.33 bits per heavy atom. The Kier molecular flexibility index (Phi) is 5.10. The zero-order valence-corrected chi connectivity index (χ0v) is 12.7. The summed E-state index contributed by atoms with van der Waals surface area (Å²) in [6.45, 7) is 3.90. The van der Waals surface area contributed by atoms with E-state index in [0.717, 1.165) is 41.2 Å². The second-order valence-corrected chi connectivity index (χ2v) is 5.59. The summed E-state index contributed by atoms with van der Waals surface area (Å²) in [5.41, 5.74) is 1.17. The average Bonchev–Trinajstić information content (AvgIpc) is 2.85. The van der Waals surface area contributed by atoms with Gasteiger partial charge < -0.3 is 10.1 Å². The van der Waals surface area contributed by atoms with Crippen LogP contribution in [0.5, 0.6) is 0 Å². The van der Waals surface area contributed by atoms with Gasteiger partial charge in [0.05, 0.1) is 12.6 Å². The van der Waals surface area contributed by atoms with Crippen molar-refractivity contribution in [1.29, 1.82) is 0 Å². The number of halogens is 2. The monoisotopic (exact) mass is 329 g/mol. The molecule has 1 aromatic carbocycles. The topological polar surface area (TPSA) is 21.3 Å². The number of benzene rings is 1. The summed E-state index contributed by atoms with van der Waals surface area (Å²) in [6, 6.07) is 5.99. The molecule has 2 rings (SSSR count). The molecule has 1 aliphatic heterocycles. The van der Waals surface area contributed by atoms with E-state index in [9.17, 15) is 0 Å². The van der Waals surface area contributed by atoms with Crippen molar-refractivity contribution in [3.8, 4) is 0 Å². The van der Waals surface area contributed by atoms with Crippen molar-refractivity contribution in [2.75, 3.05) is 13.2 Å². The fourth-order valence-corrected chi connectivity index (χ4v) is 2.94. The van der Waals surface area contributed by atoms with Gasteiger partial charge in [0.1, 0.15) is 5.76 Å². The molecule has 2 nitrogen and oxygen atoms in total. The van der Waals surface area contributed by atoms with E-state index in [4.69, 9.17) is 16.3 Å². The van der Waals surface area contributed by atoms with Crippen molar-refractivity contribution < 1.29 is 4.74 Å². The third kappa shape index (κ3) is 3.28. The van der Waals surface area contributed by atoms with Crippen LogP contribution in [-0.4, -0.2) is 13.2 Å². The summed E-state index contributed by atoms with van der Waals surface area (Å²) in [5.74, 6) is 1.02. The summed E-state index contributed by atoms with van der Waals surface area (Å²) >= 11 is 9.57. The van der Waals surface area contributed by atoms with Crippen molar-refractivity contribution in [1.82, 2.24) is 5.32 Å². The van der Waals surface area contributed by atoms with Gasteiger partial charge in [-0.25, -0.2) is 0 Å². The Morgan fingerprint density at radius 3 is 2.94 bits per heavy atom. The van der Waals surface area contributed by atoms with Gasteiger partial charge >= 0.3 is 0 Å². The maximum Gasteiger partial charge on any atom is 0.114 e. The van der Waals surface area contributed by atoms with E-state index in [1.54, 1.807) is 0 Å². The zero-order valence-electron chi connectivity index (χ0n) is 10.4. The molecule has 0 radical (unpaired) electrons. The van der Waals surface area contributed by atoms with Crippen LogP contribution >= 0.6 is 27.5 Å². The lowest BCUT2D eigenvalue weighted by Gasteiger charge is -2.21. The predicted octanol–water partition coefficient (Wildman–Crippen LogP) is 4.45. The van der Waals surface area contributed by atoms with Crippen LogP contribution in [-0.2, 0) is 4.74 Å². The summed E-state index contributed by atoms with van der Waals surface area (Å²) < 4.78 is 6.71. The largest absolute Gasteiger partial charge is 0.496 e. The second-order valence-electron chi connectivity index (χ2n) is 4.30. The zero-order chi connectivity index (χ0) is 13.0. The first-order valence-electron chi connectivity index (χ1n) is 6.23. The highest BCUT2D eigenvalue weighted by Gasteiger charge is 2.22. The van der Waals surface area contributed by atoms with Crippen LogP contribution in [0.25, 0.3) is 0 Å². The number of rotatable bonds is 5. The first kappa shape index (κ1) is 13.9. The highest BCUT2D eigenvalue weighted by atomic mass is 79.9. The van der Waals surface area contributed by atoms with Crippen molar-refractivity contribution in [3.63, 3.8) is 0 Å². The van der Waals surface area contributed by atoms with Gasteiger partial charge in [-0.1, -0.05) is 40.5 Å². The molecule has 0 fully saturated rings. The smallest absolute Gasteiger partial charge is 0.114 e. The number of hydrogen-bond donors (Lipinski definition) is 1. The predicted molar refractivity (Wildman–Crippen MR) is 78.8 cm³/mol. The Bertz CT molecular complexity index is 447. The van der Waals surface area contributed by atoms with Crippen LogP contribution in [0, 0.1) is 0 Å². The van der Waals surface area contributed by atoms with Crippen LogP contribution in [0.1, 0.15) is 31.4 Å². The van der Waals surface area contributed by atoms with E-state index in [-0.39, 0.29) is 6.04 Å². The van der Waals surface area contributed by atoms with Gasteiger partial charge in [0, 0.05) is 15.9 Å². The van der Waals surface area contributed by atoms with Crippen molar-refractivity contribution in [2.45, 2.75) is 25.8 Å². The van der Waals surface area contributed by atoms with Gasteiger partial charge in [0.25, 0.3) is 0 Å². The number of ether oxygens (including phenoxy) is 1. The minimum absolute atomic E-state index is 0.110. The molecule has 4 heteroatoms. The lowest BCUT2D eigenvalue weighted by molar-refractivity contribution is 0.215. The van der Waals surface area contributed by atoms with Crippen molar-refractivity contribution in [2.24, 2.45) is 0 Å². The summed E-state index contributed by atoms with van der Waals surface area (Å²) in [6.07, 6.45) is 4.24. The fourth-order valence-electron chi connectivity index (χ4n) is 2.03. The SMILES string of the molecule is CCCNC(C1=CCCO1)c1ccc(Cl)cc1Br. The molecule has 0 spiro atoms. The quantitative estimate of drug-likeness (QED) is 0.861. The standard InChI is InChI=1S/C14H17BrClNO/c1-2-7-17-14(13-4-3-8-18-13)11-6-5-10(16)9-12(11)15/h4-6,9,14,17H,2-3,7-8H2,1H3. The second kappa shape index (κ2) is 6.60. The minimum Gasteiger partial charge on any atom is -0.496 e. The average molecular weight is 331 g/mol. The first-order valence-corrected chi connectivity index (χ1v) is 7.40. The van der Waals surface area contributed by atoms with E-state index in [2.05, 4.69) is 34.2 Å². The van der Waals surface area contributed by atoms with Gasteiger partial charge in [-0.05, 0) is 36.7 Å². The van der Waals surface area contributed by atoms with E-state index in [0.29, 0.717) is 0 Å². The molecule has 0 aliphatic carbocycles. The van der Waals surface area contributed by atoms with Crippen molar-refractivity contribution in [3.05, 3.63) is 45.1 Å². The molecule has 1 aliphatic rings.